The molecular formula is C27H38Cl2FNO4. The average Bonchev–Trinajstić information content (AvgIpc) is 2.77. The molecule has 0 saturated heterocycles. The SMILES string of the molecule is CC(=O)COC(=O)C12CC3CC(CC(C3)C1)C2.CC(F)C(C)CC(N)OCc1ccc(Cl)c(Cl)c1. The molecule has 0 amide bonds. The molecule has 4 fully saturated rings. The number of ketones is 1. The highest BCUT2D eigenvalue weighted by Crippen LogP contribution is 2.60. The highest BCUT2D eigenvalue weighted by Gasteiger charge is 2.55. The van der Waals surface area contributed by atoms with Gasteiger partial charge in [-0.15, -0.1) is 0 Å². The zero-order valence-electron chi connectivity index (χ0n) is 20.9. The Balaban J connectivity index is 0.000000196. The van der Waals surface area contributed by atoms with Crippen molar-refractivity contribution in [3.63, 3.8) is 0 Å². The maximum Gasteiger partial charge on any atom is 0.312 e. The largest absolute Gasteiger partial charge is 0.457 e. The number of hydrogen-bond donors (Lipinski definition) is 1. The Morgan fingerprint density at radius 1 is 1.09 bits per heavy atom. The van der Waals surface area contributed by atoms with E-state index in [2.05, 4.69) is 0 Å². The van der Waals surface area contributed by atoms with Gasteiger partial charge in [0.2, 0.25) is 0 Å². The number of nitrogens with two attached hydrogens (primary N) is 1. The molecule has 4 aliphatic rings. The van der Waals surface area contributed by atoms with Crippen molar-refractivity contribution in [2.45, 2.75) is 84.7 Å². The maximum atomic E-state index is 13.0. The topological polar surface area (TPSA) is 78.6 Å². The number of benzene rings is 1. The number of esters is 1. The lowest BCUT2D eigenvalue weighted by Crippen LogP contribution is -2.50. The summed E-state index contributed by atoms with van der Waals surface area (Å²) in [6.45, 7) is 5.10. The van der Waals surface area contributed by atoms with Crippen molar-refractivity contribution in [3.05, 3.63) is 33.8 Å². The normalized spacial score (nSPS) is 29.1. The predicted molar refractivity (Wildman–Crippen MR) is 136 cm³/mol. The summed E-state index contributed by atoms with van der Waals surface area (Å²) in [5, 5.41) is 0.988. The minimum absolute atomic E-state index is 0.0411. The zero-order valence-corrected chi connectivity index (χ0v) is 22.4. The lowest BCUT2D eigenvalue weighted by molar-refractivity contribution is -0.172. The minimum Gasteiger partial charge on any atom is -0.457 e. The van der Waals surface area contributed by atoms with Crippen LogP contribution in [0.5, 0.6) is 0 Å². The van der Waals surface area contributed by atoms with Crippen LogP contribution in [0, 0.1) is 29.1 Å². The third kappa shape index (κ3) is 7.88. The van der Waals surface area contributed by atoms with Crippen molar-refractivity contribution in [1.29, 1.82) is 0 Å². The molecule has 0 spiro atoms. The fourth-order valence-corrected chi connectivity index (χ4v) is 6.46. The first-order chi connectivity index (χ1) is 16.5. The summed E-state index contributed by atoms with van der Waals surface area (Å²) in [7, 11) is 0. The molecule has 2 N–H and O–H groups in total. The van der Waals surface area contributed by atoms with Gasteiger partial charge in [-0.2, -0.15) is 0 Å². The van der Waals surface area contributed by atoms with E-state index in [1.54, 1.807) is 12.1 Å². The summed E-state index contributed by atoms with van der Waals surface area (Å²) in [6, 6.07) is 5.26. The molecule has 1 aromatic carbocycles. The summed E-state index contributed by atoms with van der Waals surface area (Å²) in [5.74, 6) is 1.95. The van der Waals surface area contributed by atoms with Crippen LogP contribution >= 0.6 is 23.2 Å². The lowest BCUT2D eigenvalue weighted by atomic mass is 9.49. The van der Waals surface area contributed by atoms with Crippen molar-refractivity contribution >= 4 is 35.0 Å². The van der Waals surface area contributed by atoms with Crippen LogP contribution < -0.4 is 5.73 Å². The highest BCUT2D eigenvalue weighted by molar-refractivity contribution is 6.42. The van der Waals surface area contributed by atoms with Gasteiger partial charge in [-0.3, -0.25) is 9.59 Å². The van der Waals surface area contributed by atoms with Crippen LogP contribution in [0.3, 0.4) is 0 Å². The molecule has 3 atom stereocenters. The molecule has 5 rings (SSSR count). The van der Waals surface area contributed by atoms with Crippen molar-refractivity contribution in [2.24, 2.45) is 34.8 Å². The van der Waals surface area contributed by atoms with Crippen molar-refractivity contribution < 1.29 is 23.5 Å². The molecule has 5 nitrogen and oxygen atoms in total. The molecule has 0 radical (unpaired) electrons. The molecule has 35 heavy (non-hydrogen) atoms. The monoisotopic (exact) mass is 529 g/mol. The summed E-state index contributed by atoms with van der Waals surface area (Å²) < 4.78 is 23.6. The molecule has 4 bridgehead atoms. The smallest absolute Gasteiger partial charge is 0.312 e. The molecule has 3 unspecified atom stereocenters. The molecule has 1 aromatic rings. The molecule has 8 heteroatoms. The van der Waals surface area contributed by atoms with E-state index in [-0.39, 0.29) is 29.7 Å². The second-order valence-electron chi connectivity index (χ2n) is 11.0. The van der Waals surface area contributed by atoms with Gasteiger partial charge in [0.1, 0.15) is 12.8 Å². The van der Waals surface area contributed by atoms with Crippen LogP contribution in [0.4, 0.5) is 4.39 Å². The van der Waals surface area contributed by atoms with E-state index < -0.39 is 12.4 Å². The van der Waals surface area contributed by atoms with Crippen molar-refractivity contribution in [3.8, 4) is 0 Å². The number of carbonyl (C=O) groups is 2. The molecule has 196 valence electrons. The standard InChI is InChI=1S/C14H20O3.C13H18Cl2FNO/c1-9(15)8-17-13(16)14-5-10-2-11(6-14)4-12(3-10)7-14;1-8(9(2)16)5-13(17)18-7-10-3-4-11(14)12(15)6-10/h10-12H,2-8H2,1H3;3-4,6,8-9,13H,5,7,17H2,1-2H3. The quantitative estimate of drug-likeness (QED) is 0.291. The van der Waals surface area contributed by atoms with Gasteiger partial charge >= 0.3 is 5.97 Å². The maximum absolute atomic E-state index is 13.0. The zero-order chi connectivity index (χ0) is 25.8. The third-order valence-electron chi connectivity index (χ3n) is 7.71. The highest BCUT2D eigenvalue weighted by atomic mass is 35.5. The Labute approximate surface area is 218 Å². The summed E-state index contributed by atoms with van der Waals surface area (Å²) in [4.78, 5) is 23.1. The Bertz CT molecular complexity index is 859. The molecule has 0 aromatic heterocycles. The fourth-order valence-electron chi connectivity index (χ4n) is 6.14. The van der Waals surface area contributed by atoms with Crippen LogP contribution in [0.1, 0.15) is 71.3 Å². The summed E-state index contributed by atoms with van der Waals surface area (Å²) >= 11 is 11.7. The van der Waals surface area contributed by atoms with Crippen molar-refractivity contribution in [1.82, 2.24) is 0 Å². The van der Waals surface area contributed by atoms with E-state index in [1.165, 1.54) is 33.1 Å². The van der Waals surface area contributed by atoms with Gasteiger partial charge < -0.3 is 15.2 Å². The second kappa shape index (κ2) is 12.4. The van der Waals surface area contributed by atoms with Crippen LogP contribution in [-0.4, -0.2) is 30.8 Å². The number of halogens is 3. The number of ether oxygens (including phenoxy) is 2. The van der Waals surface area contributed by atoms with Gasteiger partial charge in [-0.25, -0.2) is 4.39 Å². The first-order valence-electron chi connectivity index (χ1n) is 12.6. The van der Waals surface area contributed by atoms with E-state index in [1.807, 2.05) is 13.0 Å². The van der Waals surface area contributed by atoms with Gasteiger partial charge in [0.25, 0.3) is 0 Å². The number of rotatable bonds is 9. The van der Waals surface area contributed by atoms with Crippen LogP contribution in [0.15, 0.2) is 18.2 Å². The van der Waals surface area contributed by atoms with Crippen LogP contribution in [-0.2, 0) is 25.7 Å². The predicted octanol–water partition coefficient (Wildman–Crippen LogP) is 6.51. The van der Waals surface area contributed by atoms with Gasteiger partial charge in [-0.05, 0) is 100 Å². The average molecular weight is 531 g/mol. The number of alkyl halides is 1. The number of Topliss-reactive ketones (excluding diaryl/α,β-unsaturated/α-hetero) is 1. The van der Waals surface area contributed by atoms with E-state index in [4.69, 9.17) is 38.4 Å². The van der Waals surface area contributed by atoms with Gasteiger partial charge in [-0.1, -0.05) is 36.2 Å². The van der Waals surface area contributed by atoms with Gasteiger partial charge in [0.15, 0.2) is 5.78 Å². The van der Waals surface area contributed by atoms with Crippen LogP contribution in [0.2, 0.25) is 10.0 Å². The first kappa shape index (κ1) is 28.4. The molecule has 0 heterocycles. The molecule has 4 aliphatic carbocycles. The first-order valence-corrected chi connectivity index (χ1v) is 13.3. The lowest BCUT2D eigenvalue weighted by Gasteiger charge is -2.55. The molecule has 4 saturated carbocycles. The number of carbonyl (C=O) groups excluding carboxylic acids is 2. The fraction of sp³-hybridized carbons (Fsp3) is 0.704. The molecule has 0 aliphatic heterocycles. The van der Waals surface area contributed by atoms with E-state index in [0.29, 0.717) is 23.1 Å². The summed E-state index contributed by atoms with van der Waals surface area (Å²) in [6.07, 6.45) is 6.11. The molecular weight excluding hydrogens is 492 g/mol. The van der Waals surface area contributed by atoms with Crippen molar-refractivity contribution in [2.75, 3.05) is 6.61 Å². The summed E-state index contributed by atoms with van der Waals surface area (Å²) in [5.41, 5.74) is 6.45. The Morgan fingerprint density at radius 3 is 2.14 bits per heavy atom. The number of hydrogen-bond acceptors (Lipinski definition) is 5. The van der Waals surface area contributed by atoms with E-state index in [0.717, 1.165) is 42.6 Å². The minimum atomic E-state index is -0.885. The third-order valence-corrected chi connectivity index (χ3v) is 8.45. The van der Waals surface area contributed by atoms with Gasteiger partial charge in [0, 0.05) is 0 Å². The van der Waals surface area contributed by atoms with Crippen LogP contribution in [0.25, 0.3) is 0 Å². The Hall–Kier alpha value is -1.21. The second-order valence-corrected chi connectivity index (χ2v) is 11.8. The van der Waals surface area contributed by atoms with E-state index in [9.17, 15) is 14.0 Å². The van der Waals surface area contributed by atoms with E-state index >= 15 is 0 Å². The Morgan fingerprint density at radius 2 is 1.66 bits per heavy atom. The van der Waals surface area contributed by atoms with Gasteiger partial charge in [0.05, 0.1) is 28.2 Å². The Kier molecular flexibility index (Phi) is 10.0.